The number of H-pyrrole nitrogens is 1. The highest BCUT2D eigenvalue weighted by Gasteiger charge is 2.31. The molecule has 0 radical (unpaired) electrons. The zero-order valence-corrected chi connectivity index (χ0v) is 9.32. The fraction of sp³-hybridized carbons (Fsp3) is 0.636. The second kappa shape index (κ2) is 4.25. The molecule has 1 aromatic rings. The van der Waals surface area contributed by atoms with Gasteiger partial charge in [0.05, 0.1) is 6.61 Å². The van der Waals surface area contributed by atoms with Gasteiger partial charge in [-0.05, 0) is 12.8 Å². The van der Waals surface area contributed by atoms with Crippen molar-refractivity contribution in [3.63, 3.8) is 0 Å². The summed E-state index contributed by atoms with van der Waals surface area (Å²) >= 11 is 0. The Morgan fingerprint density at radius 1 is 1.75 bits per heavy atom. The minimum Gasteiger partial charge on any atom is -0.481 e. The number of aromatic amines is 1. The van der Waals surface area contributed by atoms with Crippen LogP contribution >= 0.6 is 0 Å². The first kappa shape index (κ1) is 11.1. The average molecular weight is 224 g/mol. The summed E-state index contributed by atoms with van der Waals surface area (Å²) in [6.45, 7) is 3.59. The smallest absolute Gasteiger partial charge is 0.311 e. The van der Waals surface area contributed by atoms with E-state index in [0.29, 0.717) is 12.4 Å². The summed E-state index contributed by atoms with van der Waals surface area (Å²) in [4.78, 5) is 17.7. The number of imidazole rings is 1. The minimum atomic E-state index is -0.869. The first-order valence-electron chi connectivity index (χ1n) is 5.44. The van der Waals surface area contributed by atoms with Crippen molar-refractivity contribution in [3.05, 3.63) is 17.7 Å². The van der Waals surface area contributed by atoms with E-state index in [1.165, 1.54) is 0 Å². The third-order valence-electron chi connectivity index (χ3n) is 3.04. The molecule has 1 unspecified atom stereocenters. The second-order valence-corrected chi connectivity index (χ2v) is 4.53. The Kier molecular flexibility index (Phi) is 2.96. The highest BCUT2D eigenvalue weighted by Crippen LogP contribution is 2.31. The van der Waals surface area contributed by atoms with Crippen LogP contribution < -0.4 is 0 Å². The van der Waals surface area contributed by atoms with Gasteiger partial charge in [-0.2, -0.15) is 0 Å². The molecule has 1 atom stereocenters. The quantitative estimate of drug-likeness (QED) is 0.806. The van der Waals surface area contributed by atoms with Gasteiger partial charge in [0.1, 0.15) is 12.2 Å². The van der Waals surface area contributed by atoms with Crippen LogP contribution in [0.5, 0.6) is 0 Å². The molecule has 0 aromatic carbocycles. The van der Waals surface area contributed by atoms with Gasteiger partial charge >= 0.3 is 5.97 Å². The zero-order valence-electron chi connectivity index (χ0n) is 9.32. The molecule has 5 heteroatoms. The minimum absolute atomic E-state index is 0.0536. The van der Waals surface area contributed by atoms with Gasteiger partial charge in [-0.25, -0.2) is 4.98 Å². The molecule has 88 valence electrons. The summed E-state index contributed by atoms with van der Waals surface area (Å²) in [7, 11) is 0. The molecule has 16 heavy (non-hydrogen) atoms. The van der Waals surface area contributed by atoms with E-state index < -0.39 is 5.97 Å². The summed E-state index contributed by atoms with van der Waals surface area (Å²) in [5.74, 6) is -0.361. The van der Waals surface area contributed by atoms with Crippen molar-refractivity contribution in [3.8, 4) is 0 Å². The van der Waals surface area contributed by atoms with Crippen molar-refractivity contribution >= 4 is 5.97 Å². The summed E-state index contributed by atoms with van der Waals surface area (Å²) in [5.41, 5.74) is 0.922. The van der Waals surface area contributed by atoms with Gasteiger partial charge < -0.3 is 14.8 Å². The number of aromatic nitrogens is 2. The van der Waals surface area contributed by atoms with Gasteiger partial charge in [-0.1, -0.05) is 6.92 Å². The molecule has 0 bridgehead atoms. The Morgan fingerprint density at radius 2 is 2.56 bits per heavy atom. The highest BCUT2D eigenvalue weighted by atomic mass is 16.5. The maximum atomic E-state index is 10.5. The third kappa shape index (κ3) is 2.24. The number of carboxylic acid groups (broad SMARTS) is 1. The lowest BCUT2D eigenvalue weighted by atomic mass is 9.82. The summed E-state index contributed by atoms with van der Waals surface area (Å²) < 4.78 is 5.47. The van der Waals surface area contributed by atoms with Crippen molar-refractivity contribution in [1.29, 1.82) is 0 Å². The van der Waals surface area contributed by atoms with Gasteiger partial charge in [0.15, 0.2) is 0 Å². The largest absolute Gasteiger partial charge is 0.481 e. The van der Waals surface area contributed by atoms with Crippen LogP contribution in [0.3, 0.4) is 0 Å². The van der Waals surface area contributed by atoms with E-state index in [0.717, 1.165) is 25.1 Å². The molecular formula is C11H16N2O3. The first-order valence-corrected chi connectivity index (χ1v) is 5.44. The Labute approximate surface area is 93.8 Å². The van der Waals surface area contributed by atoms with Crippen LogP contribution in [0.2, 0.25) is 0 Å². The number of ether oxygens (including phenoxy) is 1. The van der Waals surface area contributed by atoms with Crippen LogP contribution in [0.15, 0.2) is 6.20 Å². The molecule has 1 saturated heterocycles. The number of carbonyl (C=O) groups is 1. The lowest BCUT2D eigenvalue weighted by Crippen LogP contribution is -2.33. The molecule has 1 fully saturated rings. The van der Waals surface area contributed by atoms with E-state index in [-0.39, 0.29) is 11.8 Å². The Balaban J connectivity index is 2.13. The molecule has 5 nitrogen and oxygen atoms in total. The SMILES string of the molecule is CC1(c2cnc(CC(=O)O)[nH]2)CCCOC1. The maximum Gasteiger partial charge on any atom is 0.311 e. The van der Waals surface area contributed by atoms with Crippen molar-refractivity contribution in [2.24, 2.45) is 0 Å². The molecule has 2 N–H and O–H groups in total. The van der Waals surface area contributed by atoms with E-state index in [1.54, 1.807) is 6.20 Å². The van der Waals surface area contributed by atoms with Gasteiger partial charge in [0, 0.05) is 23.9 Å². The number of hydrogen-bond donors (Lipinski definition) is 2. The van der Waals surface area contributed by atoms with Crippen molar-refractivity contribution < 1.29 is 14.6 Å². The number of carboxylic acids is 1. The van der Waals surface area contributed by atoms with Crippen LogP contribution in [0.4, 0.5) is 0 Å². The summed E-state index contributed by atoms with van der Waals surface area (Å²) in [6, 6.07) is 0. The zero-order chi connectivity index (χ0) is 11.6. The normalized spacial score (nSPS) is 25.6. The van der Waals surface area contributed by atoms with E-state index in [9.17, 15) is 4.79 Å². The maximum absolute atomic E-state index is 10.5. The summed E-state index contributed by atoms with van der Waals surface area (Å²) in [6.07, 6.45) is 3.75. The molecular weight excluding hydrogens is 208 g/mol. The Hall–Kier alpha value is -1.36. The number of aliphatic carboxylic acids is 1. The Bertz CT molecular complexity index is 380. The number of nitrogens with one attached hydrogen (secondary N) is 1. The molecule has 2 rings (SSSR count). The molecule has 0 saturated carbocycles. The lowest BCUT2D eigenvalue weighted by molar-refractivity contribution is -0.136. The molecule has 0 aliphatic carbocycles. The van der Waals surface area contributed by atoms with Crippen molar-refractivity contribution in [2.45, 2.75) is 31.6 Å². The second-order valence-electron chi connectivity index (χ2n) is 4.53. The third-order valence-corrected chi connectivity index (χ3v) is 3.04. The first-order chi connectivity index (χ1) is 7.60. The van der Waals surface area contributed by atoms with E-state index >= 15 is 0 Å². The Morgan fingerprint density at radius 3 is 3.19 bits per heavy atom. The molecule has 1 aliphatic heterocycles. The fourth-order valence-electron chi connectivity index (χ4n) is 2.05. The number of nitrogens with zero attached hydrogens (tertiary/aromatic N) is 1. The van der Waals surface area contributed by atoms with E-state index in [2.05, 4.69) is 16.9 Å². The van der Waals surface area contributed by atoms with Gasteiger partial charge in [-0.3, -0.25) is 4.79 Å². The predicted octanol–water partition coefficient (Wildman–Crippen LogP) is 1.10. The van der Waals surface area contributed by atoms with Crippen LogP contribution in [-0.2, 0) is 21.4 Å². The number of rotatable bonds is 3. The topological polar surface area (TPSA) is 75.2 Å². The lowest BCUT2D eigenvalue weighted by Gasteiger charge is -2.32. The fourth-order valence-corrected chi connectivity index (χ4v) is 2.05. The molecule has 2 heterocycles. The van der Waals surface area contributed by atoms with Gasteiger partial charge in [-0.15, -0.1) is 0 Å². The summed E-state index contributed by atoms with van der Waals surface area (Å²) in [5, 5.41) is 8.67. The molecule has 0 spiro atoms. The van der Waals surface area contributed by atoms with Gasteiger partial charge in [0.25, 0.3) is 0 Å². The van der Waals surface area contributed by atoms with Crippen LogP contribution in [0, 0.1) is 0 Å². The van der Waals surface area contributed by atoms with Crippen LogP contribution in [-0.4, -0.2) is 34.3 Å². The van der Waals surface area contributed by atoms with Crippen molar-refractivity contribution in [1.82, 2.24) is 9.97 Å². The molecule has 1 aliphatic rings. The molecule has 1 aromatic heterocycles. The average Bonchev–Trinajstić information content (AvgIpc) is 2.67. The van der Waals surface area contributed by atoms with Crippen LogP contribution in [0.1, 0.15) is 31.3 Å². The molecule has 0 amide bonds. The predicted molar refractivity (Wildman–Crippen MR) is 57.3 cm³/mol. The van der Waals surface area contributed by atoms with E-state index in [1.807, 2.05) is 0 Å². The van der Waals surface area contributed by atoms with E-state index in [4.69, 9.17) is 9.84 Å². The van der Waals surface area contributed by atoms with Gasteiger partial charge in [0.2, 0.25) is 0 Å². The highest BCUT2D eigenvalue weighted by molar-refractivity contribution is 5.69. The monoisotopic (exact) mass is 224 g/mol. The van der Waals surface area contributed by atoms with Crippen molar-refractivity contribution in [2.75, 3.05) is 13.2 Å². The number of hydrogen-bond acceptors (Lipinski definition) is 3. The van der Waals surface area contributed by atoms with Crippen LogP contribution in [0.25, 0.3) is 0 Å². The standard InChI is InChI=1S/C11H16N2O3/c1-11(3-2-4-16-7-11)8-6-12-9(13-8)5-10(14)15/h6H,2-5,7H2,1H3,(H,12,13)(H,14,15).